The van der Waals surface area contributed by atoms with Crippen molar-refractivity contribution < 1.29 is 9.47 Å². The van der Waals surface area contributed by atoms with Crippen LogP contribution in [-0.4, -0.2) is 48.4 Å². The van der Waals surface area contributed by atoms with E-state index in [1.807, 2.05) is 6.20 Å². The summed E-state index contributed by atoms with van der Waals surface area (Å²) in [5.74, 6) is 1.54. The predicted molar refractivity (Wildman–Crippen MR) is 82.3 cm³/mol. The Morgan fingerprint density at radius 3 is 3.00 bits per heavy atom. The van der Waals surface area contributed by atoms with Crippen LogP contribution in [0.25, 0.3) is 0 Å². The molecule has 3 atom stereocenters. The minimum atomic E-state index is 0.410. The van der Waals surface area contributed by atoms with E-state index in [4.69, 9.17) is 9.47 Å². The molecule has 4 nitrogen and oxygen atoms in total. The molecule has 4 rings (SSSR count). The van der Waals surface area contributed by atoms with Crippen LogP contribution in [0, 0.1) is 11.8 Å². The number of fused-ring (bicyclic) bond motifs is 1. The number of rotatable bonds is 6. The Bertz CT molecular complexity index is 449. The maximum atomic E-state index is 6.01. The summed E-state index contributed by atoms with van der Waals surface area (Å²) < 4.78 is 11.9. The Morgan fingerprint density at radius 2 is 2.19 bits per heavy atom. The summed E-state index contributed by atoms with van der Waals surface area (Å²) in [4.78, 5) is 7.01. The van der Waals surface area contributed by atoms with Crippen LogP contribution in [0.1, 0.15) is 30.7 Å². The predicted octanol–water partition coefficient (Wildman–Crippen LogP) is 2.55. The molecule has 0 N–H and O–H groups in total. The zero-order valence-corrected chi connectivity index (χ0v) is 13.3. The van der Waals surface area contributed by atoms with E-state index in [0.717, 1.165) is 38.8 Å². The molecule has 0 bridgehead atoms. The van der Waals surface area contributed by atoms with E-state index < -0.39 is 0 Å². The highest BCUT2D eigenvalue weighted by atomic mass is 32.1. The fourth-order valence-electron chi connectivity index (χ4n) is 3.65. The molecule has 2 aliphatic carbocycles. The second-order valence-corrected chi connectivity index (χ2v) is 7.67. The first-order chi connectivity index (χ1) is 10.4. The standard InChI is InChI=1S/C16H24N2O2S/c1-2-12(1)10-19-11-13-7-14-15(8-13)20-5-4-18(14)9-16-17-3-6-21-16/h3,6,12-15H,1-2,4-5,7-11H2. The summed E-state index contributed by atoms with van der Waals surface area (Å²) in [6.45, 7) is 4.80. The molecule has 0 aromatic carbocycles. The second kappa shape index (κ2) is 6.32. The van der Waals surface area contributed by atoms with Gasteiger partial charge in [-0.25, -0.2) is 4.98 Å². The highest BCUT2D eigenvalue weighted by Crippen LogP contribution is 2.36. The number of nitrogens with zero attached hydrogens (tertiary/aromatic N) is 2. The molecule has 116 valence electrons. The first-order valence-electron chi connectivity index (χ1n) is 8.20. The summed E-state index contributed by atoms with van der Waals surface area (Å²) in [6.07, 6.45) is 7.46. The van der Waals surface area contributed by atoms with Gasteiger partial charge in [0.25, 0.3) is 0 Å². The van der Waals surface area contributed by atoms with E-state index in [0.29, 0.717) is 18.1 Å². The molecule has 3 unspecified atom stereocenters. The van der Waals surface area contributed by atoms with Gasteiger partial charge < -0.3 is 9.47 Å². The van der Waals surface area contributed by atoms with E-state index in [1.165, 1.54) is 30.7 Å². The van der Waals surface area contributed by atoms with Crippen LogP contribution in [-0.2, 0) is 16.0 Å². The van der Waals surface area contributed by atoms with Gasteiger partial charge in [0.1, 0.15) is 5.01 Å². The Labute approximate surface area is 130 Å². The maximum absolute atomic E-state index is 6.01. The quantitative estimate of drug-likeness (QED) is 0.809. The number of hydrogen-bond acceptors (Lipinski definition) is 5. The van der Waals surface area contributed by atoms with Crippen LogP contribution < -0.4 is 0 Å². The van der Waals surface area contributed by atoms with Crippen molar-refractivity contribution >= 4 is 11.3 Å². The number of aromatic nitrogens is 1. The average molecular weight is 308 g/mol. The van der Waals surface area contributed by atoms with E-state index in [9.17, 15) is 0 Å². The lowest BCUT2D eigenvalue weighted by molar-refractivity contribution is -0.0591. The third-order valence-electron chi connectivity index (χ3n) is 4.97. The van der Waals surface area contributed by atoms with Crippen molar-refractivity contribution in [1.29, 1.82) is 0 Å². The first kappa shape index (κ1) is 14.1. The number of thiazole rings is 1. The molecule has 21 heavy (non-hydrogen) atoms. The fraction of sp³-hybridized carbons (Fsp3) is 0.812. The van der Waals surface area contributed by atoms with Gasteiger partial charge in [-0.1, -0.05) is 0 Å². The highest BCUT2D eigenvalue weighted by molar-refractivity contribution is 7.09. The normalized spacial score (nSPS) is 33.2. The highest BCUT2D eigenvalue weighted by Gasteiger charge is 2.41. The molecule has 1 aromatic rings. The van der Waals surface area contributed by atoms with Crippen molar-refractivity contribution in [3.8, 4) is 0 Å². The Balaban J connectivity index is 1.31. The van der Waals surface area contributed by atoms with Crippen LogP contribution in [0.3, 0.4) is 0 Å². The van der Waals surface area contributed by atoms with Gasteiger partial charge in [-0.15, -0.1) is 11.3 Å². The van der Waals surface area contributed by atoms with Gasteiger partial charge in [0.05, 0.1) is 19.3 Å². The zero-order valence-electron chi connectivity index (χ0n) is 12.4. The van der Waals surface area contributed by atoms with Crippen molar-refractivity contribution in [2.24, 2.45) is 11.8 Å². The van der Waals surface area contributed by atoms with Crippen molar-refractivity contribution in [2.45, 2.75) is 44.4 Å². The summed E-state index contributed by atoms with van der Waals surface area (Å²) in [7, 11) is 0. The van der Waals surface area contributed by atoms with Crippen molar-refractivity contribution in [2.75, 3.05) is 26.4 Å². The average Bonchev–Trinajstić information content (AvgIpc) is 3.00. The Kier molecular flexibility index (Phi) is 4.25. The van der Waals surface area contributed by atoms with E-state index >= 15 is 0 Å². The smallest absolute Gasteiger partial charge is 0.107 e. The van der Waals surface area contributed by atoms with Crippen LogP contribution in [0.5, 0.6) is 0 Å². The molecule has 2 heterocycles. The molecule has 5 heteroatoms. The van der Waals surface area contributed by atoms with Crippen LogP contribution in [0.4, 0.5) is 0 Å². The van der Waals surface area contributed by atoms with Crippen molar-refractivity contribution in [1.82, 2.24) is 9.88 Å². The lowest BCUT2D eigenvalue weighted by Gasteiger charge is -2.37. The van der Waals surface area contributed by atoms with Crippen LogP contribution in [0.15, 0.2) is 11.6 Å². The molecule has 0 radical (unpaired) electrons. The second-order valence-electron chi connectivity index (χ2n) is 6.69. The van der Waals surface area contributed by atoms with Gasteiger partial charge in [-0.05, 0) is 37.5 Å². The third kappa shape index (κ3) is 3.47. The van der Waals surface area contributed by atoms with Crippen molar-refractivity contribution in [3.63, 3.8) is 0 Å². The summed E-state index contributed by atoms with van der Waals surface area (Å²) >= 11 is 1.76. The lowest BCUT2D eigenvalue weighted by Crippen LogP contribution is -2.47. The minimum Gasteiger partial charge on any atom is -0.381 e. The number of morpholine rings is 1. The molecule has 0 amide bonds. The van der Waals surface area contributed by atoms with Crippen LogP contribution >= 0.6 is 11.3 Å². The van der Waals surface area contributed by atoms with E-state index in [1.54, 1.807) is 11.3 Å². The topological polar surface area (TPSA) is 34.6 Å². The summed E-state index contributed by atoms with van der Waals surface area (Å²) in [5, 5.41) is 3.29. The van der Waals surface area contributed by atoms with Gasteiger partial charge in [0.15, 0.2) is 0 Å². The summed E-state index contributed by atoms with van der Waals surface area (Å²) in [6, 6.07) is 0.567. The number of hydrogen-bond donors (Lipinski definition) is 0. The molecule has 1 aromatic heterocycles. The van der Waals surface area contributed by atoms with Gasteiger partial charge in [-0.2, -0.15) is 0 Å². The Hall–Kier alpha value is -0.490. The third-order valence-corrected chi connectivity index (χ3v) is 5.74. The molecule has 0 spiro atoms. The molecular weight excluding hydrogens is 284 g/mol. The van der Waals surface area contributed by atoms with Crippen LogP contribution in [0.2, 0.25) is 0 Å². The molecule has 3 aliphatic rings. The van der Waals surface area contributed by atoms with Gasteiger partial charge in [0.2, 0.25) is 0 Å². The first-order valence-corrected chi connectivity index (χ1v) is 9.08. The van der Waals surface area contributed by atoms with Gasteiger partial charge in [0, 0.05) is 37.4 Å². The molecule has 2 saturated carbocycles. The molecule has 1 saturated heterocycles. The SMILES string of the molecule is c1csc(CN2CCOC3CC(COCC4CC4)CC32)n1. The van der Waals surface area contributed by atoms with E-state index in [2.05, 4.69) is 15.3 Å². The van der Waals surface area contributed by atoms with Gasteiger partial charge >= 0.3 is 0 Å². The van der Waals surface area contributed by atoms with E-state index in [-0.39, 0.29) is 0 Å². The molecule has 1 aliphatic heterocycles. The largest absolute Gasteiger partial charge is 0.381 e. The maximum Gasteiger partial charge on any atom is 0.107 e. The lowest BCUT2D eigenvalue weighted by atomic mass is 10.1. The van der Waals surface area contributed by atoms with Gasteiger partial charge in [-0.3, -0.25) is 4.90 Å². The number of ether oxygens (including phenoxy) is 2. The van der Waals surface area contributed by atoms with Crippen molar-refractivity contribution in [3.05, 3.63) is 16.6 Å². The zero-order chi connectivity index (χ0) is 14.1. The Morgan fingerprint density at radius 1 is 1.29 bits per heavy atom. The molecular formula is C16H24N2O2S. The monoisotopic (exact) mass is 308 g/mol. The molecule has 3 fully saturated rings. The minimum absolute atomic E-state index is 0.410. The fourth-order valence-corrected chi connectivity index (χ4v) is 4.29. The summed E-state index contributed by atoms with van der Waals surface area (Å²) in [5.41, 5.74) is 0.